The largest absolute Gasteiger partial charge is 0.383 e. The molecule has 4 heteroatoms. The van der Waals surface area contributed by atoms with Crippen molar-refractivity contribution in [2.24, 2.45) is 0 Å². The monoisotopic (exact) mass is 379 g/mol. The topological polar surface area (TPSA) is 39.9 Å². The lowest BCUT2D eigenvalue weighted by Gasteiger charge is -2.18. The van der Waals surface area contributed by atoms with Gasteiger partial charge in [0, 0.05) is 30.3 Å². The van der Waals surface area contributed by atoms with Crippen LogP contribution < -0.4 is 0 Å². The van der Waals surface area contributed by atoms with Gasteiger partial charge in [0.1, 0.15) is 0 Å². The highest BCUT2D eigenvalue weighted by Gasteiger charge is 2.18. The number of fused-ring (bicyclic) bond motifs is 1. The van der Waals surface area contributed by atoms with Gasteiger partial charge in [-0.05, 0) is 61.9 Å². The molecular formula is C24H33N3O. The molecule has 0 aliphatic heterocycles. The number of methoxy groups -OCH3 is 1. The minimum absolute atomic E-state index is 0.325. The van der Waals surface area contributed by atoms with E-state index in [9.17, 15) is 0 Å². The molecular weight excluding hydrogens is 346 g/mol. The summed E-state index contributed by atoms with van der Waals surface area (Å²) >= 11 is 0. The molecule has 3 aromatic rings. The maximum absolute atomic E-state index is 5.44. The van der Waals surface area contributed by atoms with Crippen LogP contribution in [0.25, 0.3) is 22.3 Å². The zero-order valence-electron chi connectivity index (χ0n) is 18.3. The Labute approximate surface area is 169 Å². The summed E-state index contributed by atoms with van der Waals surface area (Å²) in [7, 11) is 1.77. The molecule has 0 amide bonds. The van der Waals surface area contributed by atoms with Gasteiger partial charge in [0.15, 0.2) is 0 Å². The number of rotatable bonds is 7. The van der Waals surface area contributed by atoms with Crippen molar-refractivity contribution in [2.45, 2.75) is 66.3 Å². The molecule has 28 heavy (non-hydrogen) atoms. The Kier molecular flexibility index (Phi) is 6.19. The summed E-state index contributed by atoms with van der Waals surface area (Å²) in [6.07, 6.45) is 4.15. The van der Waals surface area contributed by atoms with Crippen LogP contribution in [0.3, 0.4) is 0 Å². The van der Waals surface area contributed by atoms with Crippen molar-refractivity contribution in [1.82, 2.24) is 14.5 Å². The van der Waals surface area contributed by atoms with Gasteiger partial charge < -0.3 is 9.30 Å². The van der Waals surface area contributed by atoms with Gasteiger partial charge in [-0.25, -0.2) is 4.98 Å². The normalized spacial score (nSPS) is 12.9. The van der Waals surface area contributed by atoms with Crippen LogP contribution in [0.15, 0.2) is 24.4 Å². The summed E-state index contributed by atoms with van der Waals surface area (Å²) in [5.74, 6) is 0.430. The number of hydrogen-bond acceptors (Lipinski definition) is 3. The Morgan fingerprint density at radius 1 is 1.07 bits per heavy atom. The van der Waals surface area contributed by atoms with Gasteiger partial charge in [-0.3, -0.25) is 4.98 Å². The highest BCUT2D eigenvalue weighted by Crippen LogP contribution is 2.32. The first-order valence-corrected chi connectivity index (χ1v) is 10.4. The lowest BCUT2D eigenvalue weighted by atomic mass is 10.0. The molecule has 0 saturated heterocycles. The van der Waals surface area contributed by atoms with Gasteiger partial charge in [0.2, 0.25) is 0 Å². The molecule has 1 atom stereocenters. The third kappa shape index (κ3) is 3.70. The van der Waals surface area contributed by atoms with Crippen molar-refractivity contribution in [3.63, 3.8) is 0 Å². The minimum atomic E-state index is 0.325. The first kappa shape index (κ1) is 20.5. The van der Waals surface area contributed by atoms with E-state index in [1.165, 1.54) is 16.6 Å². The van der Waals surface area contributed by atoms with Gasteiger partial charge in [-0.1, -0.05) is 27.7 Å². The maximum atomic E-state index is 5.44. The van der Waals surface area contributed by atoms with Crippen LogP contribution >= 0.6 is 0 Å². The van der Waals surface area contributed by atoms with Crippen molar-refractivity contribution in [3.05, 3.63) is 46.9 Å². The molecule has 0 unspecified atom stereocenters. The van der Waals surface area contributed by atoms with Gasteiger partial charge in [0.05, 0.1) is 29.4 Å². The molecule has 150 valence electrons. The molecule has 0 fully saturated rings. The summed E-state index contributed by atoms with van der Waals surface area (Å²) in [6.45, 7) is 13.8. The molecule has 4 nitrogen and oxygen atoms in total. The number of pyridine rings is 2. The predicted molar refractivity (Wildman–Crippen MR) is 117 cm³/mol. The summed E-state index contributed by atoms with van der Waals surface area (Å²) in [5.41, 5.74) is 9.13. The van der Waals surface area contributed by atoms with Gasteiger partial charge in [0.25, 0.3) is 0 Å². The van der Waals surface area contributed by atoms with E-state index in [1.807, 2.05) is 0 Å². The number of aromatic nitrogens is 3. The highest BCUT2D eigenvalue weighted by atomic mass is 16.5. The Bertz CT molecular complexity index is 972. The molecule has 0 radical (unpaired) electrons. The zero-order valence-corrected chi connectivity index (χ0v) is 18.3. The highest BCUT2D eigenvalue weighted by molar-refractivity contribution is 5.84. The molecule has 0 spiro atoms. The SMILES string of the molecule is CCc1nc(C(C)C)ccc1-c1nc2c(C)cn([C@H](CC)COC)c2cc1C. The standard InChI is InChI=1S/C24H33N3O/c1-8-18(14-28-7)27-13-17(6)24-22(27)12-16(5)23(26-24)19-10-11-21(15(3)4)25-20(19)9-2/h10-13,15,18H,8-9,14H2,1-7H3/t18-/m1/s1. The van der Waals surface area contributed by atoms with E-state index in [0.29, 0.717) is 18.6 Å². The van der Waals surface area contributed by atoms with E-state index >= 15 is 0 Å². The quantitative estimate of drug-likeness (QED) is 0.505. The van der Waals surface area contributed by atoms with Crippen molar-refractivity contribution in [1.29, 1.82) is 0 Å². The third-order valence-corrected chi connectivity index (χ3v) is 5.58. The minimum Gasteiger partial charge on any atom is -0.383 e. The fourth-order valence-electron chi connectivity index (χ4n) is 3.91. The fourth-order valence-corrected chi connectivity index (χ4v) is 3.91. The lowest BCUT2D eigenvalue weighted by molar-refractivity contribution is 0.155. The van der Waals surface area contributed by atoms with Crippen molar-refractivity contribution in [2.75, 3.05) is 13.7 Å². The second-order valence-electron chi connectivity index (χ2n) is 8.00. The number of nitrogens with zero attached hydrogens (tertiary/aromatic N) is 3. The maximum Gasteiger partial charge on any atom is 0.0917 e. The molecule has 0 aromatic carbocycles. The van der Waals surface area contributed by atoms with E-state index in [0.717, 1.165) is 41.0 Å². The Morgan fingerprint density at radius 3 is 2.43 bits per heavy atom. The zero-order chi connectivity index (χ0) is 20.4. The smallest absolute Gasteiger partial charge is 0.0917 e. The van der Waals surface area contributed by atoms with Gasteiger partial charge in [-0.2, -0.15) is 0 Å². The Morgan fingerprint density at radius 2 is 1.82 bits per heavy atom. The van der Waals surface area contributed by atoms with E-state index in [2.05, 4.69) is 70.5 Å². The Balaban J connectivity index is 2.17. The lowest BCUT2D eigenvalue weighted by Crippen LogP contribution is -2.13. The van der Waals surface area contributed by atoms with Gasteiger partial charge in [-0.15, -0.1) is 0 Å². The second kappa shape index (κ2) is 8.44. The van der Waals surface area contributed by atoms with Crippen LogP contribution in [0.1, 0.15) is 68.6 Å². The van der Waals surface area contributed by atoms with Crippen molar-refractivity contribution < 1.29 is 4.74 Å². The molecule has 0 aliphatic rings. The molecule has 0 bridgehead atoms. The van der Waals surface area contributed by atoms with Crippen LogP contribution in [0, 0.1) is 13.8 Å². The molecule has 0 aliphatic carbocycles. The van der Waals surface area contributed by atoms with Crippen LogP contribution in [0.5, 0.6) is 0 Å². The third-order valence-electron chi connectivity index (χ3n) is 5.58. The number of aryl methyl sites for hydroxylation is 3. The predicted octanol–water partition coefficient (Wildman–Crippen LogP) is 6.00. The second-order valence-corrected chi connectivity index (χ2v) is 8.00. The molecule has 3 rings (SSSR count). The molecule has 0 saturated carbocycles. The summed E-state index contributed by atoms with van der Waals surface area (Å²) in [6, 6.07) is 6.95. The summed E-state index contributed by atoms with van der Waals surface area (Å²) in [5, 5.41) is 0. The molecule has 0 N–H and O–H groups in total. The van der Waals surface area contributed by atoms with Crippen LogP contribution in [0.2, 0.25) is 0 Å². The van der Waals surface area contributed by atoms with Gasteiger partial charge >= 0.3 is 0 Å². The van der Waals surface area contributed by atoms with E-state index < -0.39 is 0 Å². The fraction of sp³-hybridized carbons (Fsp3) is 0.500. The average molecular weight is 380 g/mol. The summed E-state index contributed by atoms with van der Waals surface area (Å²) in [4.78, 5) is 10.0. The Hall–Kier alpha value is -2.20. The first-order valence-electron chi connectivity index (χ1n) is 10.4. The van der Waals surface area contributed by atoms with Crippen LogP contribution in [-0.2, 0) is 11.2 Å². The van der Waals surface area contributed by atoms with E-state index in [1.54, 1.807) is 7.11 Å². The number of ether oxygens (including phenoxy) is 1. The van der Waals surface area contributed by atoms with Crippen molar-refractivity contribution >= 4 is 11.0 Å². The van der Waals surface area contributed by atoms with E-state index in [4.69, 9.17) is 14.7 Å². The van der Waals surface area contributed by atoms with E-state index in [-0.39, 0.29) is 0 Å². The number of hydrogen-bond donors (Lipinski definition) is 0. The average Bonchev–Trinajstić information content (AvgIpc) is 3.00. The van der Waals surface area contributed by atoms with Crippen LogP contribution in [-0.4, -0.2) is 28.3 Å². The molecule has 3 aromatic heterocycles. The molecule has 3 heterocycles. The van der Waals surface area contributed by atoms with Crippen LogP contribution in [0.4, 0.5) is 0 Å². The summed E-state index contributed by atoms with van der Waals surface area (Å²) < 4.78 is 7.77. The van der Waals surface area contributed by atoms with Crippen molar-refractivity contribution in [3.8, 4) is 11.3 Å². The first-order chi connectivity index (χ1) is 13.4.